The number of sulfonamides is 1. The smallest absolute Gasteiger partial charge is 0.338 e. The first-order valence-corrected chi connectivity index (χ1v) is 11.9. The van der Waals surface area contributed by atoms with Gasteiger partial charge in [0.15, 0.2) is 6.10 Å². The summed E-state index contributed by atoms with van der Waals surface area (Å²) in [4.78, 5) is 25.1. The van der Waals surface area contributed by atoms with Crippen molar-refractivity contribution in [2.24, 2.45) is 0 Å². The van der Waals surface area contributed by atoms with Crippen LogP contribution in [0.2, 0.25) is 0 Å². The molecule has 2 N–H and O–H groups in total. The molecule has 9 heteroatoms. The van der Waals surface area contributed by atoms with Crippen LogP contribution in [-0.4, -0.2) is 33.5 Å². The fourth-order valence-electron chi connectivity index (χ4n) is 3.11. The highest BCUT2D eigenvalue weighted by Gasteiger charge is 2.23. The van der Waals surface area contributed by atoms with E-state index in [-0.39, 0.29) is 10.5 Å². The van der Waals surface area contributed by atoms with Crippen molar-refractivity contribution in [3.05, 3.63) is 83.4 Å². The fourth-order valence-corrected chi connectivity index (χ4v) is 4.44. The van der Waals surface area contributed by atoms with Crippen LogP contribution in [-0.2, 0) is 19.6 Å². The highest BCUT2D eigenvalue weighted by Crippen LogP contribution is 2.24. The molecule has 0 heterocycles. The average Bonchev–Trinajstić information content (AvgIpc) is 2.80. The number of ether oxygens (including phenoxy) is 2. The molecule has 34 heavy (non-hydrogen) atoms. The van der Waals surface area contributed by atoms with Gasteiger partial charge in [-0.15, -0.1) is 0 Å². The first-order chi connectivity index (χ1) is 16.1. The maximum atomic E-state index is 12.9. The summed E-state index contributed by atoms with van der Waals surface area (Å²) < 4.78 is 38.9. The van der Waals surface area contributed by atoms with Crippen LogP contribution in [0.15, 0.2) is 71.6 Å². The number of rotatable bonds is 8. The minimum absolute atomic E-state index is 0.00632. The SMILES string of the molecule is COc1ccccc1NC(=O)[C@@H](C)OC(=O)c1ccc(C)c(S(=O)(=O)Nc2ccc(C)cc2)c1. The van der Waals surface area contributed by atoms with Crippen LogP contribution in [0.5, 0.6) is 5.75 Å². The molecule has 0 aliphatic rings. The molecule has 3 rings (SSSR count). The summed E-state index contributed by atoms with van der Waals surface area (Å²) >= 11 is 0. The molecule has 0 saturated carbocycles. The number of methoxy groups -OCH3 is 1. The van der Waals surface area contributed by atoms with E-state index >= 15 is 0 Å². The van der Waals surface area contributed by atoms with Gasteiger partial charge in [-0.2, -0.15) is 0 Å². The van der Waals surface area contributed by atoms with Crippen molar-refractivity contribution in [3.63, 3.8) is 0 Å². The van der Waals surface area contributed by atoms with E-state index < -0.39 is 28.0 Å². The molecule has 0 aliphatic heterocycles. The number of carbonyl (C=O) groups is 2. The van der Waals surface area contributed by atoms with E-state index in [0.29, 0.717) is 22.7 Å². The van der Waals surface area contributed by atoms with Crippen molar-refractivity contribution in [1.29, 1.82) is 0 Å². The Labute approximate surface area is 199 Å². The maximum Gasteiger partial charge on any atom is 0.338 e. The third-order valence-corrected chi connectivity index (χ3v) is 6.56. The lowest BCUT2D eigenvalue weighted by Crippen LogP contribution is -2.30. The van der Waals surface area contributed by atoms with Gasteiger partial charge in [-0.25, -0.2) is 13.2 Å². The number of carbonyl (C=O) groups excluding carboxylic acids is 2. The fraction of sp³-hybridized carbons (Fsp3) is 0.200. The summed E-state index contributed by atoms with van der Waals surface area (Å²) in [6.45, 7) is 4.95. The van der Waals surface area contributed by atoms with Gasteiger partial charge in [-0.1, -0.05) is 35.9 Å². The third-order valence-electron chi connectivity index (χ3n) is 5.04. The zero-order valence-corrected chi connectivity index (χ0v) is 20.1. The molecule has 0 aliphatic carbocycles. The molecule has 0 unspecified atom stereocenters. The van der Waals surface area contributed by atoms with Crippen LogP contribution in [0, 0.1) is 13.8 Å². The Morgan fingerprint density at radius 3 is 2.29 bits per heavy atom. The number of aryl methyl sites for hydroxylation is 2. The minimum Gasteiger partial charge on any atom is -0.495 e. The van der Waals surface area contributed by atoms with E-state index in [4.69, 9.17) is 9.47 Å². The molecule has 3 aromatic carbocycles. The monoisotopic (exact) mass is 482 g/mol. The summed E-state index contributed by atoms with van der Waals surface area (Å²) in [6.07, 6.45) is -1.13. The topological polar surface area (TPSA) is 111 Å². The molecule has 178 valence electrons. The lowest BCUT2D eigenvalue weighted by Gasteiger charge is -2.16. The van der Waals surface area contributed by atoms with Gasteiger partial charge in [-0.05, 0) is 62.7 Å². The number of hydrogen-bond donors (Lipinski definition) is 2. The van der Waals surface area contributed by atoms with E-state index in [9.17, 15) is 18.0 Å². The second kappa shape index (κ2) is 10.4. The molecule has 1 amide bonds. The number of benzene rings is 3. The molecule has 0 radical (unpaired) electrons. The predicted molar refractivity (Wildman–Crippen MR) is 130 cm³/mol. The minimum atomic E-state index is -3.96. The number of para-hydroxylation sites is 2. The van der Waals surface area contributed by atoms with E-state index in [1.54, 1.807) is 55.5 Å². The normalized spacial score (nSPS) is 11.9. The van der Waals surface area contributed by atoms with Crippen LogP contribution in [0.25, 0.3) is 0 Å². The summed E-state index contributed by atoms with van der Waals surface area (Å²) in [5, 5.41) is 2.65. The van der Waals surface area contributed by atoms with E-state index in [0.717, 1.165) is 5.56 Å². The summed E-state index contributed by atoms with van der Waals surface area (Å²) in [5.41, 5.74) is 2.29. The molecule has 0 bridgehead atoms. The Morgan fingerprint density at radius 2 is 1.62 bits per heavy atom. The van der Waals surface area contributed by atoms with Gasteiger partial charge < -0.3 is 14.8 Å². The molecule has 3 aromatic rings. The molecular formula is C25H26N2O6S. The van der Waals surface area contributed by atoms with Crippen molar-refractivity contribution in [2.45, 2.75) is 31.8 Å². The molecule has 0 saturated heterocycles. The number of amides is 1. The number of anilines is 2. The summed E-state index contributed by atoms with van der Waals surface area (Å²) in [5.74, 6) is -0.919. The first-order valence-electron chi connectivity index (χ1n) is 10.5. The molecule has 0 fully saturated rings. The Morgan fingerprint density at radius 1 is 0.941 bits per heavy atom. The van der Waals surface area contributed by atoms with Crippen LogP contribution in [0.4, 0.5) is 11.4 Å². The maximum absolute atomic E-state index is 12.9. The lowest BCUT2D eigenvalue weighted by atomic mass is 10.1. The van der Waals surface area contributed by atoms with E-state index in [2.05, 4.69) is 10.0 Å². The van der Waals surface area contributed by atoms with Crippen molar-refractivity contribution in [2.75, 3.05) is 17.1 Å². The first kappa shape index (κ1) is 24.8. The van der Waals surface area contributed by atoms with E-state index in [1.165, 1.54) is 32.2 Å². The highest BCUT2D eigenvalue weighted by molar-refractivity contribution is 7.92. The Hall–Kier alpha value is -3.85. The molecule has 0 spiro atoms. The quantitative estimate of drug-likeness (QED) is 0.463. The van der Waals surface area contributed by atoms with Gasteiger partial charge >= 0.3 is 5.97 Å². The van der Waals surface area contributed by atoms with Gasteiger partial charge in [0.2, 0.25) is 0 Å². The van der Waals surface area contributed by atoms with Crippen molar-refractivity contribution in [3.8, 4) is 5.75 Å². The van der Waals surface area contributed by atoms with Gasteiger partial charge in [0.1, 0.15) is 5.75 Å². The summed E-state index contributed by atoms with van der Waals surface area (Å²) in [7, 11) is -2.48. The van der Waals surface area contributed by atoms with Crippen LogP contribution in [0.1, 0.15) is 28.4 Å². The highest BCUT2D eigenvalue weighted by atomic mass is 32.2. The Bertz CT molecular complexity index is 1300. The standard InChI is InChI=1S/C25H26N2O6S/c1-16-9-13-20(14-10-16)27-34(30,31)23-15-19(12-11-17(23)2)25(29)33-18(3)24(28)26-21-7-5-6-8-22(21)32-4/h5-15,18,27H,1-4H3,(H,26,28)/t18-/m1/s1. The Kier molecular flexibility index (Phi) is 7.57. The van der Waals surface area contributed by atoms with Crippen molar-refractivity contribution < 1.29 is 27.5 Å². The molecular weight excluding hydrogens is 456 g/mol. The predicted octanol–water partition coefficient (Wildman–Crippen LogP) is 4.30. The molecule has 1 atom stereocenters. The zero-order chi connectivity index (χ0) is 24.9. The Balaban J connectivity index is 1.74. The van der Waals surface area contributed by atoms with Gasteiger partial charge in [0.25, 0.3) is 15.9 Å². The number of hydrogen-bond acceptors (Lipinski definition) is 6. The van der Waals surface area contributed by atoms with Crippen molar-refractivity contribution >= 4 is 33.3 Å². The van der Waals surface area contributed by atoms with E-state index in [1.807, 2.05) is 6.92 Å². The van der Waals surface area contributed by atoms with Gasteiger partial charge in [-0.3, -0.25) is 9.52 Å². The zero-order valence-electron chi connectivity index (χ0n) is 19.3. The van der Waals surface area contributed by atoms with Crippen LogP contribution in [0.3, 0.4) is 0 Å². The third kappa shape index (κ3) is 5.93. The largest absolute Gasteiger partial charge is 0.495 e. The second-order valence-electron chi connectivity index (χ2n) is 7.69. The summed E-state index contributed by atoms with van der Waals surface area (Å²) in [6, 6.07) is 17.9. The number of nitrogens with one attached hydrogen (secondary N) is 2. The average molecular weight is 483 g/mol. The molecule has 0 aromatic heterocycles. The lowest BCUT2D eigenvalue weighted by molar-refractivity contribution is -0.123. The number of esters is 1. The van der Waals surface area contributed by atoms with Crippen LogP contribution < -0.4 is 14.8 Å². The second-order valence-corrected chi connectivity index (χ2v) is 9.34. The van der Waals surface area contributed by atoms with Crippen molar-refractivity contribution in [1.82, 2.24) is 0 Å². The molecule has 8 nitrogen and oxygen atoms in total. The van der Waals surface area contributed by atoms with Gasteiger partial charge in [0, 0.05) is 5.69 Å². The van der Waals surface area contributed by atoms with Crippen LogP contribution >= 0.6 is 0 Å². The van der Waals surface area contributed by atoms with Gasteiger partial charge in [0.05, 0.1) is 23.3 Å².